The van der Waals surface area contributed by atoms with Crippen molar-refractivity contribution in [2.24, 2.45) is 5.92 Å². The molecule has 0 radical (unpaired) electrons. The summed E-state index contributed by atoms with van der Waals surface area (Å²) in [4.78, 5) is 8.77. The Morgan fingerprint density at radius 1 is 1.33 bits per heavy atom. The van der Waals surface area contributed by atoms with Gasteiger partial charge in [-0.3, -0.25) is 15.1 Å². The molecule has 8 heteroatoms. The number of nitrogens with zero attached hydrogens (tertiary/aromatic N) is 4. The lowest BCUT2D eigenvalue weighted by Crippen LogP contribution is -2.27. The van der Waals surface area contributed by atoms with Crippen LogP contribution in [0, 0.1) is 5.92 Å². The maximum absolute atomic E-state index is 11.6. The molecule has 1 aliphatic heterocycles. The van der Waals surface area contributed by atoms with Gasteiger partial charge in [0.15, 0.2) is 0 Å². The molecule has 0 unspecified atom stereocenters. The molecule has 0 saturated carbocycles. The van der Waals surface area contributed by atoms with Gasteiger partial charge in [-0.05, 0) is 24.8 Å². The van der Waals surface area contributed by atoms with E-state index in [-0.39, 0.29) is 5.92 Å². The molecule has 3 heterocycles. The fourth-order valence-electron chi connectivity index (χ4n) is 2.67. The Balaban J connectivity index is 1.78. The van der Waals surface area contributed by atoms with Gasteiger partial charge in [0.05, 0.1) is 17.6 Å². The molecule has 112 valence electrons. The minimum absolute atomic E-state index is 0.276. The second-order valence-electron chi connectivity index (χ2n) is 5.30. The van der Waals surface area contributed by atoms with Crippen LogP contribution in [0.4, 0.5) is 0 Å². The molecule has 0 aliphatic carbocycles. The number of sulfonamides is 1. The van der Waals surface area contributed by atoms with Gasteiger partial charge >= 0.3 is 0 Å². The molecule has 1 atom stereocenters. The van der Waals surface area contributed by atoms with Gasteiger partial charge in [0.1, 0.15) is 5.69 Å². The molecule has 1 fully saturated rings. The van der Waals surface area contributed by atoms with Crippen molar-refractivity contribution < 1.29 is 8.42 Å². The van der Waals surface area contributed by atoms with Crippen LogP contribution in [-0.2, 0) is 16.4 Å². The van der Waals surface area contributed by atoms with Gasteiger partial charge in [-0.1, -0.05) is 0 Å². The standard InChI is InChI=1S/C13H17N5O2S/c1-21(19,20)18-7-3-10(9-18)8-12-13(15-6-5-14-12)11-2-4-16-17-11/h2,4-6,10H,3,7-9H2,1H3,(H,16,17)/t10-/m0/s1. The van der Waals surface area contributed by atoms with Crippen LogP contribution in [0.1, 0.15) is 12.1 Å². The average Bonchev–Trinajstić information content (AvgIpc) is 3.09. The van der Waals surface area contributed by atoms with E-state index in [1.54, 1.807) is 18.6 Å². The largest absolute Gasteiger partial charge is 0.276 e. The molecule has 0 spiro atoms. The van der Waals surface area contributed by atoms with Gasteiger partial charge in [0.25, 0.3) is 0 Å². The Bertz CT molecular complexity index is 714. The molecule has 2 aromatic heterocycles. The first-order valence-electron chi connectivity index (χ1n) is 6.79. The Labute approximate surface area is 123 Å². The molecule has 0 amide bonds. The van der Waals surface area contributed by atoms with Gasteiger partial charge in [-0.15, -0.1) is 0 Å². The van der Waals surface area contributed by atoms with Crippen LogP contribution in [0.15, 0.2) is 24.7 Å². The van der Waals surface area contributed by atoms with Crippen LogP contribution in [0.25, 0.3) is 11.4 Å². The topological polar surface area (TPSA) is 91.8 Å². The number of hydrogen-bond acceptors (Lipinski definition) is 5. The van der Waals surface area contributed by atoms with E-state index in [0.717, 1.165) is 23.5 Å². The zero-order chi connectivity index (χ0) is 14.9. The molecule has 1 aliphatic rings. The maximum atomic E-state index is 11.6. The van der Waals surface area contributed by atoms with Crippen molar-refractivity contribution in [1.29, 1.82) is 0 Å². The van der Waals surface area contributed by atoms with Crippen molar-refractivity contribution in [2.75, 3.05) is 19.3 Å². The fraction of sp³-hybridized carbons (Fsp3) is 0.462. The number of rotatable bonds is 4. The second kappa shape index (κ2) is 5.53. The summed E-state index contributed by atoms with van der Waals surface area (Å²) < 4.78 is 24.7. The molecule has 0 bridgehead atoms. The summed E-state index contributed by atoms with van der Waals surface area (Å²) in [7, 11) is -3.10. The second-order valence-corrected chi connectivity index (χ2v) is 7.28. The summed E-state index contributed by atoms with van der Waals surface area (Å²) in [5.74, 6) is 0.276. The van der Waals surface area contributed by atoms with Gasteiger partial charge in [0.2, 0.25) is 10.0 Å². The van der Waals surface area contributed by atoms with E-state index in [2.05, 4.69) is 20.2 Å². The normalized spacial score (nSPS) is 20.0. The highest BCUT2D eigenvalue weighted by Gasteiger charge is 2.29. The molecule has 2 aromatic rings. The highest BCUT2D eigenvalue weighted by atomic mass is 32.2. The summed E-state index contributed by atoms with van der Waals surface area (Å²) in [5, 5.41) is 6.83. The Kier molecular flexibility index (Phi) is 3.73. The molecule has 21 heavy (non-hydrogen) atoms. The van der Waals surface area contributed by atoms with Crippen LogP contribution in [0.5, 0.6) is 0 Å². The van der Waals surface area contributed by atoms with Gasteiger partial charge in [0, 0.05) is 31.7 Å². The molecule has 1 saturated heterocycles. The fourth-order valence-corrected chi connectivity index (χ4v) is 3.59. The predicted octanol–water partition coefficient (Wildman–Crippen LogP) is 0.691. The summed E-state index contributed by atoms with van der Waals surface area (Å²) in [6.07, 6.45) is 7.82. The third-order valence-electron chi connectivity index (χ3n) is 3.73. The van der Waals surface area contributed by atoms with E-state index in [4.69, 9.17) is 0 Å². The van der Waals surface area contributed by atoms with E-state index < -0.39 is 10.0 Å². The first-order chi connectivity index (χ1) is 10.0. The van der Waals surface area contributed by atoms with E-state index >= 15 is 0 Å². The maximum Gasteiger partial charge on any atom is 0.211 e. The molecule has 1 N–H and O–H groups in total. The van der Waals surface area contributed by atoms with E-state index in [0.29, 0.717) is 19.5 Å². The Hall–Kier alpha value is -1.80. The monoisotopic (exact) mass is 307 g/mol. The minimum atomic E-state index is -3.10. The van der Waals surface area contributed by atoms with E-state index in [9.17, 15) is 8.42 Å². The molecule has 0 aromatic carbocycles. The van der Waals surface area contributed by atoms with Gasteiger partial charge in [-0.2, -0.15) is 5.10 Å². The molecular weight excluding hydrogens is 290 g/mol. The smallest absolute Gasteiger partial charge is 0.211 e. The minimum Gasteiger partial charge on any atom is -0.276 e. The van der Waals surface area contributed by atoms with Crippen molar-refractivity contribution in [3.8, 4) is 11.4 Å². The number of nitrogens with one attached hydrogen (secondary N) is 1. The van der Waals surface area contributed by atoms with Gasteiger partial charge in [-0.25, -0.2) is 12.7 Å². The number of aromatic nitrogens is 4. The van der Waals surface area contributed by atoms with E-state index in [1.807, 2.05) is 6.07 Å². The summed E-state index contributed by atoms with van der Waals surface area (Å²) in [6, 6.07) is 1.85. The molecule has 7 nitrogen and oxygen atoms in total. The first kappa shape index (κ1) is 14.2. The number of H-pyrrole nitrogens is 1. The third-order valence-corrected chi connectivity index (χ3v) is 5.00. The quantitative estimate of drug-likeness (QED) is 0.897. The van der Waals surface area contributed by atoms with Crippen LogP contribution >= 0.6 is 0 Å². The van der Waals surface area contributed by atoms with Crippen LogP contribution < -0.4 is 0 Å². The average molecular weight is 307 g/mol. The number of hydrogen-bond donors (Lipinski definition) is 1. The number of aromatic amines is 1. The highest BCUT2D eigenvalue weighted by Crippen LogP contribution is 2.25. The Morgan fingerprint density at radius 2 is 2.14 bits per heavy atom. The molecule has 3 rings (SSSR count). The lowest BCUT2D eigenvalue weighted by atomic mass is 10.0. The van der Waals surface area contributed by atoms with Gasteiger partial charge < -0.3 is 0 Å². The van der Waals surface area contributed by atoms with Crippen molar-refractivity contribution in [3.63, 3.8) is 0 Å². The van der Waals surface area contributed by atoms with E-state index in [1.165, 1.54) is 10.6 Å². The van der Waals surface area contributed by atoms with Crippen molar-refractivity contribution >= 4 is 10.0 Å². The predicted molar refractivity (Wildman–Crippen MR) is 77.8 cm³/mol. The van der Waals surface area contributed by atoms with Crippen LogP contribution in [0.3, 0.4) is 0 Å². The zero-order valence-electron chi connectivity index (χ0n) is 11.7. The molecular formula is C13H17N5O2S. The third kappa shape index (κ3) is 3.11. The summed E-state index contributed by atoms with van der Waals surface area (Å²) in [6.45, 7) is 1.14. The highest BCUT2D eigenvalue weighted by molar-refractivity contribution is 7.88. The first-order valence-corrected chi connectivity index (χ1v) is 8.63. The zero-order valence-corrected chi connectivity index (χ0v) is 12.5. The van der Waals surface area contributed by atoms with Crippen LogP contribution in [-0.4, -0.2) is 52.2 Å². The summed E-state index contributed by atoms with van der Waals surface area (Å²) in [5.41, 5.74) is 2.49. The van der Waals surface area contributed by atoms with Crippen molar-refractivity contribution in [2.45, 2.75) is 12.8 Å². The Morgan fingerprint density at radius 3 is 2.81 bits per heavy atom. The lowest BCUT2D eigenvalue weighted by Gasteiger charge is -2.13. The van der Waals surface area contributed by atoms with Crippen molar-refractivity contribution in [1.82, 2.24) is 24.5 Å². The SMILES string of the molecule is CS(=O)(=O)N1CC[C@@H](Cc2nccnc2-c2ccn[nH]2)C1. The van der Waals surface area contributed by atoms with Crippen LogP contribution in [0.2, 0.25) is 0 Å². The van der Waals surface area contributed by atoms with Crippen molar-refractivity contribution in [3.05, 3.63) is 30.4 Å². The lowest BCUT2D eigenvalue weighted by molar-refractivity contribution is 0.459. The summed E-state index contributed by atoms with van der Waals surface area (Å²) >= 11 is 0.